The first-order valence-electron chi connectivity index (χ1n) is 8.57. The van der Waals surface area contributed by atoms with Gasteiger partial charge >= 0.3 is 0 Å². The molecule has 0 unspecified atom stereocenters. The summed E-state index contributed by atoms with van der Waals surface area (Å²) in [5.41, 5.74) is 4.72. The molecule has 2 aromatic heterocycles. The second-order valence-corrected chi connectivity index (χ2v) is 7.32. The van der Waals surface area contributed by atoms with Crippen LogP contribution in [0.1, 0.15) is 36.0 Å². The molecule has 3 heterocycles. The second kappa shape index (κ2) is 7.03. The van der Waals surface area contributed by atoms with Gasteiger partial charge in [0.15, 0.2) is 0 Å². The number of aromatic amines is 1. The third kappa shape index (κ3) is 3.02. The molecule has 1 atom stereocenters. The van der Waals surface area contributed by atoms with E-state index in [9.17, 15) is 4.39 Å². The lowest BCUT2D eigenvalue weighted by molar-refractivity contribution is 0.625. The molecule has 1 aliphatic rings. The Kier molecular flexibility index (Phi) is 4.74. The van der Waals surface area contributed by atoms with Gasteiger partial charge in [0, 0.05) is 35.3 Å². The fraction of sp³-hybridized carbons (Fsp3) is 0.250. The summed E-state index contributed by atoms with van der Waals surface area (Å²) < 4.78 is 14.0. The first kappa shape index (κ1) is 17.5. The minimum Gasteiger partial charge on any atom is -0.346 e. The Hall–Kier alpha value is -1.88. The maximum absolute atomic E-state index is 14.0. The first-order valence-corrected chi connectivity index (χ1v) is 9.32. The molecule has 0 saturated heterocycles. The van der Waals surface area contributed by atoms with Crippen molar-refractivity contribution in [2.24, 2.45) is 0 Å². The predicted molar refractivity (Wildman–Crippen MR) is 105 cm³/mol. The standard InChI is InChI=1S/C20H18Cl2FN3/c1-11(18-16(21)4-5-17(23)19(18)22)15-10-26-20-14(15)7-13(9-25-20)12-3-2-6-24-8-12/h3-5,7,9-11,24H,2,6,8H2,1H3,(H,25,26)/t11-/m0/s1. The van der Waals surface area contributed by atoms with Crippen molar-refractivity contribution in [3.63, 3.8) is 0 Å². The molecule has 1 aliphatic heterocycles. The molecule has 3 aromatic rings. The molecule has 1 aromatic carbocycles. The average Bonchev–Trinajstić information content (AvgIpc) is 3.09. The third-order valence-corrected chi connectivity index (χ3v) is 5.65. The molecule has 0 saturated carbocycles. The van der Waals surface area contributed by atoms with Crippen LogP contribution in [-0.4, -0.2) is 23.1 Å². The van der Waals surface area contributed by atoms with Gasteiger partial charge in [0.2, 0.25) is 0 Å². The normalized spacial score (nSPS) is 15.9. The monoisotopic (exact) mass is 389 g/mol. The fourth-order valence-electron chi connectivity index (χ4n) is 3.52. The van der Waals surface area contributed by atoms with Crippen LogP contribution in [-0.2, 0) is 0 Å². The highest BCUT2D eigenvalue weighted by atomic mass is 35.5. The van der Waals surface area contributed by atoms with E-state index in [4.69, 9.17) is 23.2 Å². The van der Waals surface area contributed by atoms with Gasteiger partial charge in [0.1, 0.15) is 11.5 Å². The molecule has 0 aliphatic carbocycles. The van der Waals surface area contributed by atoms with Crippen molar-refractivity contribution in [2.45, 2.75) is 19.3 Å². The lowest BCUT2D eigenvalue weighted by Gasteiger charge is -2.17. The van der Waals surface area contributed by atoms with Gasteiger partial charge in [-0.3, -0.25) is 0 Å². The van der Waals surface area contributed by atoms with Crippen LogP contribution in [0.15, 0.2) is 36.7 Å². The molecule has 0 spiro atoms. The number of aromatic nitrogens is 2. The number of hydrogen-bond donors (Lipinski definition) is 2. The number of hydrogen-bond acceptors (Lipinski definition) is 2. The molecule has 0 bridgehead atoms. The quantitative estimate of drug-likeness (QED) is 0.577. The van der Waals surface area contributed by atoms with Crippen LogP contribution < -0.4 is 5.32 Å². The van der Waals surface area contributed by atoms with Gasteiger partial charge in [-0.25, -0.2) is 9.37 Å². The fourth-order valence-corrected chi connectivity index (χ4v) is 4.21. The summed E-state index contributed by atoms with van der Waals surface area (Å²) in [7, 11) is 0. The second-order valence-electron chi connectivity index (χ2n) is 6.54. The van der Waals surface area contributed by atoms with Crippen molar-refractivity contribution >= 4 is 39.8 Å². The predicted octanol–water partition coefficient (Wildman–Crippen LogP) is 5.54. The number of rotatable bonds is 3. The van der Waals surface area contributed by atoms with Crippen LogP contribution in [0.25, 0.3) is 16.6 Å². The summed E-state index contributed by atoms with van der Waals surface area (Å²) in [5, 5.41) is 4.91. The van der Waals surface area contributed by atoms with E-state index in [1.165, 1.54) is 11.6 Å². The lowest BCUT2D eigenvalue weighted by atomic mass is 9.92. The minimum atomic E-state index is -0.463. The van der Waals surface area contributed by atoms with Gasteiger partial charge in [-0.2, -0.15) is 0 Å². The maximum atomic E-state index is 14.0. The van der Waals surface area contributed by atoms with E-state index in [1.54, 1.807) is 6.07 Å². The Labute approximate surface area is 161 Å². The van der Waals surface area contributed by atoms with Crippen molar-refractivity contribution in [1.82, 2.24) is 15.3 Å². The van der Waals surface area contributed by atoms with Crippen LogP contribution in [0.5, 0.6) is 0 Å². The Balaban J connectivity index is 1.82. The summed E-state index contributed by atoms with van der Waals surface area (Å²) >= 11 is 12.5. The van der Waals surface area contributed by atoms with Gasteiger partial charge in [-0.15, -0.1) is 0 Å². The van der Waals surface area contributed by atoms with Crippen LogP contribution in [0.2, 0.25) is 10.0 Å². The average molecular weight is 390 g/mol. The van der Waals surface area contributed by atoms with E-state index in [0.717, 1.165) is 41.7 Å². The Morgan fingerprint density at radius 2 is 2.12 bits per heavy atom. The zero-order valence-corrected chi connectivity index (χ0v) is 15.8. The summed E-state index contributed by atoms with van der Waals surface area (Å²) in [6.07, 6.45) is 7.04. The van der Waals surface area contributed by atoms with Crippen LogP contribution >= 0.6 is 23.2 Å². The maximum Gasteiger partial charge on any atom is 0.142 e. The van der Waals surface area contributed by atoms with Crippen LogP contribution in [0.3, 0.4) is 0 Å². The minimum absolute atomic E-state index is 0.0719. The lowest BCUT2D eigenvalue weighted by Crippen LogP contribution is -2.21. The number of benzene rings is 1. The summed E-state index contributed by atoms with van der Waals surface area (Å²) in [5.74, 6) is -0.634. The summed E-state index contributed by atoms with van der Waals surface area (Å²) in [6, 6.07) is 4.97. The number of nitrogens with one attached hydrogen (secondary N) is 2. The highest BCUT2D eigenvalue weighted by molar-refractivity contribution is 6.36. The molecule has 3 nitrogen and oxygen atoms in total. The molecule has 26 heavy (non-hydrogen) atoms. The van der Waals surface area contributed by atoms with Crippen molar-refractivity contribution < 1.29 is 4.39 Å². The zero-order chi connectivity index (χ0) is 18.3. The van der Waals surface area contributed by atoms with E-state index in [2.05, 4.69) is 27.4 Å². The van der Waals surface area contributed by atoms with Crippen molar-refractivity contribution in [1.29, 1.82) is 0 Å². The molecule has 4 rings (SSSR count). The summed E-state index contributed by atoms with van der Waals surface area (Å²) in [6.45, 7) is 3.81. The molecular formula is C20H18Cl2FN3. The van der Waals surface area contributed by atoms with E-state index in [-0.39, 0.29) is 10.9 Å². The number of pyridine rings is 1. The van der Waals surface area contributed by atoms with Crippen molar-refractivity contribution in [2.75, 3.05) is 13.1 Å². The SMILES string of the molecule is C[C@H](c1c(Cl)ccc(F)c1Cl)c1c[nH]c2ncc(C3=CCCNC3)cc12. The molecular weight excluding hydrogens is 372 g/mol. The summed E-state index contributed by atoms with van der Waals surface area (Å²) in [4.78, 5) is 7.75. The zero-order valence-electron chi connectivity index (χ0n) is 14.2. The Morgan fingerprint density at radius 3 is 2.88 bits per heavy atom. The van der Waals surface area contributed by atoms with E-state index in [0.29, 0.717) is 10.6 Å². The largest absolute Gasteiger partial charge is 0.346 e. The highest BCUT2D eigenvalue weighted by Crippen LogP contribution is 2.39. The van der Waals surface area contributed by atoms with Crippen molar-refractivity contribution in [3.8, 4) is 0 Å². The molecule has 6 heteroatoms. The van der Waals surface area contributed by atoms with Gasteiger partial charge in [-0.1, -0.05) is 36.2 Å². The number of nitrogens with zero attached hydrogens (tertiary/aromatic N) is 1. The van der Waals surface area contributed by atoms with E-state index >= 15 is 0 Å². The molecule has 0 radical (unpaired) electrons. The first-order chi connectivity index (χ1) is 12.6. The van der Waals surface area contributed by atoms with E-state index in [1.807, 2.05) is 19.3 Å². The van der Waals surface area contributed by atoms with Gasteiger partial charge in [0.25, 0.3) is 0 Å². The molecule has 2 N–H and O–H groups in total. The van der Waals surface area contributed by atoms with Crippen LogP contribution in [0.4, 0.5) is 4.39 Å². The van der Waals surface area contributed by atoms with Gasteiger partial charge in [0.05, 0.1) is 5.02 Å². The Morgan fingerprint density at radius 1 is 1.27 bits per heavy atom. The third-order valence-electron chi connectivity index (χ3n) is 4.94. The smallest absolute Gasteiger partial charge is 0.142 e. The van der Waals surface area contributed by atoms with Crippen molar-refractivity contribution in [3.05, 3.63) is 69.2 Å². The number of halogens is 3. The molecule has 134 valence electrons. The topological polar surface area (TPSA) is 40.7 Å². The highest BCUT2D eigenvalue weighted by Gasteiger charge is 2.22. The molecule has 0 amide bonds. The molecule has 0 fully saturated rings. The Bertz CT molecular complexity index is 1010. The van der Waals surface area contributed by atoms with Crippen LogP contribution in [0, 0.1) is 5.82 Å². The van der Waals surface area contributed by atoms with Gasteiger partial charge in [-0.05, 0) is 53.4 Å². The van der Waals surface area contributed by atoms with E-state index < -0.39 is 5.82 Å². The number of H-pyrrole nitrogens is 1. The number of fused-ring (bicyclic) bond motifs is 1. The van der Waals surface area contributed by atoms with Gasteiger partial charge < -0.3 is 10.3 Å².